The maximum absolute atomic E-state index is 12.8. The van der Waals surface area contributed by atoms with Crippen molar-refractivity contribution >= 4 is 17.6 Å². The molecule has 3 aliphatic heterocycles. The average Bonchev–Trinajstić information content (AvgIpc) is 3.40. The zero-order chi connectivity index (χ0) is 22.1. The van der Waals surface area contributed by atoms with Gasteiger partial charge in [-0.2, -0.15) is 0 Å². The molecule has 0 spiro atoms. The molecule has 0 unspecified atom stereocenters. The standard InChI is InChI=1S/C24H28N4O4/c1-17-2-5-20(6-3-17)28-15-19(13-23(28)29)25-24(30)27-10-8-26(9-11-27)14-18-4-7-21-22(12-18)32-16-31-21/h2-7,12,19H,8-11,13-16H2,1H3,(H,25,30)/t19-/m0/s1. The number of nitrogens with zero attached hydrogens (tertiary/aromatic N) is 3. The highest BCUT2D eigenvalue weighted by atomic mass is 16.7. The summed E-state index contributed by atoms with van der Waals surface area (Å²) in [7, 11) is 0. The normalized spacial score (nSPS) is 20.7. The third-order valence-corrected chi connectivity index (χ3v) is 6.30. The summed E-state index contributed by atoms with van der Waals surface area (Å²) in [4.78, 5) is 31.2. The van der Waals surface area contributed by atoms with Crippen molar-refractivity contribution in [3.63, 3.8) is 0 Å². The van der Waals surface area contributed by atoms with E-state index in [0.29, 0.717) is 26.1 Å². The molecular formula is C24H28N4O4. The van der Waals surface area contributed by atoms with Gasteiger partial charge in [-0.25, -0.2) is 4.79 Å². The smallest absolute Gasteiger partial charge is 0.317 e. The Labute approximate surface area is 187 Å². The predicted molar refractivity (Wildman–Crippen MR) is 120 cm³/mol. The number of hydrogen-bond acceptors (Lipinski definition) is 5. The van der Waals surface area contributed by atoms with E-state index in [1.54, 1.807) is 4.90 Å². The van der Waals surface area contributed by atoms with Crippen LogP contribution in [-0.4, -0.2) is 67.3 Å². The van der Waals surface area contributed by atoms with Gasteiger partial charge in [-0.05, 0) is 36.8 Å². The second-order valence-electron chi connectivity index (χ2n) is 8.64. The molecule has 0 aliphatic carbocycles. The Bertz CT molecular complexity index is 1000. The van der Waals surface area contributed by atoms with E-state index in [1.165, 1.54) is 5.56 Å². The van der Waals surface area contributed by atoms with Crippen molar-refractivity contribution in [3.8, 4) is 11.5 Å². The van der Waals surface area contributed by atoms with Gasteiger partial charge in [0.2, 0.25) is 12.7 Å². The molecule has 1 atom stereocenters. The minimum Gasteiger partial charge on any atom is -0.454 e. The summed E-state index contributed by atoms with van der Waals surface area (Å²) in [5, 5.41) is 3.06. The SMILES string of the molecule is Cc1ccc(N2C[C@@H](NC(=O)N3CCN(Cc4ccc5c(c4)OCO5)CC3)CC2=O)cc1. The van der Waals surface area contributed by atoms with Gasteiger partial charge in [0.25, 0.3) is 0 Å². The maximum atomic E-state index is 12.8. The summed E-state index contributed by atoms with van der Waals surface area (Å²) in [5.74, 6) is 1.64. The van der Waals surface area contributed by atoms with Crippen LogP contribution in [0.15, 0.2) is 42.5 Å². The number of urea groups is 1. The number of nitrogens with one attached hydrogen (secondary N) is 1. The minimum absolute atomic E-state index is 0.0488. The van der Waals surface area contributed by atoms with E-state index in [9.17, 15) is 9.59 Å². The van der Waals surface area contributed by atoms with E-state index in [-0.39, 0.29) is 24.8 Å². The van der Waals surface area contributed by atoms with E-state index >= 15 is 0 Å². The fourth-order valence-corrected chi connectivity index (χ4v) is 4.45. The topological polar surface area (TPSA) is 74.4 Å². The zero-order valence-electron chi connectivity index (χ0n) is 18.3. The lowest BCUT2D eigenvalue weighted by Crippen LogP contribution is -2.53. The van der Waals surface area contributed by atoms with Crippen molar-refractivity contribution in [2.45, 2.75) is 25.9 Å². The molecule has 8 nitrogen and oxygen atoms in total. The lowest BCUT2D eigenvalue weighted by atomic mass is 10.1. The summed E-state index contributed by atoms with van der Waals surface area (Å²) in [6.07, 6.45) is 0.337. The second kappa shape index (κ2) is 8.70. The van der Waals surface area contributed by atoms with E-state index in [0.717, 1.165) is 42.4 Å². The van der Waals surface area contributed by atoms with Gasteiger partial charge in [-0.1, -0.05) is 23.8 Å². The highest BCUT2D eigenvalue weighted by molar-refractivity contribution is 5.96. The van der Waals surface area contributed by atoms with Crippen molar-refractivity contribution < 1.29 is 19.1 Å². The van der Waals surface area contributed by atoms with Crippen molar-refractivity contribution in [1.29, 1.82) is 0 Å². The Morgan fingerprint density at radius 2 is 1.78 bits per heavy atom. The van der Waals surface area contributed by atoms with Crippen molar-refractivity contribution in [1.82, 2.24) is 15.1 Å². The Balaban J connectivity index is 1.10. The maximum Gasteiger partial charge on any atom is 0.317 e. The number of aryl methyl sites for hydroxylation is 1. The van der Waals surface area contributed by atoms with Crippen LogP contribution in [0.3, 0.4) is 0 Å². The van der Waals surface area contributed by atoms with E-state index in [2.05, 4.69) is 16.3 Å². The van der Waals surface area contributed by atoms with Crippen LogP contribution in [0, 0.1) is 6.92 Å². The lowest BCUT2D eigenvalue weighted by molar-refractivity contribution is -0.117. The quantitative estimate of drug-likeness (QED) is 0.797. The number of anilines is 1. The number of amides is 3. The molecule has 2 fully saturated rings. The molecule has 8 heteroatoms. The van der Waals surface area contributed by atoms with Gasteiger partial charge in [0.1, 0.15) is 0 Å². The lowest BCUT2D eigenvalue weighted by Gasteiger charge is -2.35. The molecule has 32 heavy (non-hydrogen) atoms. The van der Waals surface area contributed by atoms with E-state index < -0.39 is 0 Å². The first-order chi connectivity index (χ1) is 15.5. The second-order valence-corrected chi connectivity index (χ2v) is 8.64. The summed E-state index contributed by atoms with van der Waals surface area (Å²) >= 11 is 0. The van der Waals surface area contributed by atoms with Crippen molar-refractivity contribution in [3.05, 3.63) is 53.6 Å². The zero-order valence-corrected chi connectivity index (χ0v) is 18.3. The van der Waals surface area contributed by atoms with Gasteiger partial charge in [-0.15, -0.1) is 0 Å². The first kappa shape index (κ1) is 20.6. The molecule has 3 heterocycles. The van der Waals surface area contributed by atoms with Crippen molar-refractivity contribution in [2.75, 3.05) is 44.4 Å². The largest absolute Gasteiger partial charge is 0.454 e. The summed E-state index contributed by atoms with van der Waals surface area (Å²) in [6.45, 7) is 6.57. The van der Waals surface area contributed by atoms with Gasteiger partial charge < -0.3 is 24.6 Å². The molecular weight excluding hydrogens is 408 g/mol. The predicted octanol–water partition coefficient (Wildman–Crippen LogP) is 2.36. The first-order valence-corrected chi connectivity index (χ1v) is 11.1. The van der Waals surface area contributed by atoms with Gasteiger partial charge >= 0.3 is 6.03 Å². The molecule has 3 aliphatic rings. The number of piperazine rings is 1. The molecule has 0 bridgehead atoms. The fraction of sp³-hybridized carbons (Fsp3) is 0.417. The number of carbonyl (C=O) groups is 2. The Morgan fingerprint density at radius 1 is 1.03 bits per heavy atom. The van der Waals surface area contributed by atoms with Gasteiger partial charge in [0.05, 0.1) is 6.04 Å². The number of carbonyl (C=O) groups excluding carboxylic acids is 2. The summed E-state index contributed by atoms with van der Waals surface area (Å²) < 4.78 is 10.8. The van der Waals surface area contributed by atoms with Crippen LogP contribution in [0.1, 0.15) is 17.5 Å². The summed E-state index contributed by atoms with van der Waals surface area (Å²) in [5.41, 5.74) is 3.21. The average molecular weight is 437 g/mol. The number of benzene rings is 2. The van der Waals surface area contributed by atoms with Crippen molar-refractivity contribution in [2.24, 2.45) is 0 Å². The molecule has 0 radical (unpaired) electrons. The minimum atomic E-state index is -0.164. The van der Waals surface area contributed by atoms with Crippen LogP contribution in [0.4, 0.5) is 10.5 Å². The fourth-order valence-electron chi connectivity index (χ4n) is 4.45. The van der Waals surface area contributed by atoms with Gasteiger partial charge in [-0.3, -0.25) is 9.69 Å². The van der Waals surface area contributed by atoms with Crippen LogP contribution in [0.2, 0.25) is 0 Å². The van der Waals surface area contributed by atoms with Gasteiger partial charge in [0, 0.05) is 51.4 Å². The molecule has 2 saturated heterocycles. The highest BCUT2D eigenvalue weighted by Crippen LogP contribution is 2.32. The number of rotatable bonds is 4. The summed E-state index contributed by atoms with van der Waals surface area (Å²) in [6, 6.07) is 13.7. The molecule has 168 valence electrons. The van der Waals surface area contributed by atoms with Crippen LogP contribution in [0.25, 0.3) is 0 Å². The van der Waals surface area contributed by atoms with Crippen LogP contribution >= 0.6 is 0 Å². The number of hydrogen-bond donors (Lipinski definition) is 1. The number of fused-ring (bicyclic) bond motifs is 1. The van der Waals surface area contributed by atoms with Gasteiger partial charge in [0.15, 0.2) is 11.5 Å². The monoisotopic (exact) mass is 436 g/mol. The van der Waals surface area contributed by atoms with Crippen LogP contribution in [0.5, 0.6) is 11.5 Å². The first-order valence-electron chi connectivity index (χ1n) is 11.1. The van der Waals surface area contributed by atoms with Crippen LogP contribution in [-0.2, 0) is 11.3 Å². The highest BCUT2D eigenvalue weighted by Gasteiger charge is 2.33. The Morgan fingerprint density at radius 3 is 2.56 bits per heavy atom. The number of ether oxygens (including phenoxy) is 2. The Hall–Kier alpha value is -3.26. The molecule has 2 aromatic rings. The molecule has 2 aromatic carbocycles. The molecule has 5 rings (SSSR count). The van der Waals surface area contributed by atoms with Crippen LogP contribution < -0.4 is 19.7 Å². The molecule has 0 aromatic heterocycles. The Kier molecular flexibility index (Phi) is 5.61. The third-order valence-electron chi connectivity index (χ3n) is 6.30. The molecule has 3 amide bonds. The molecule has 0 saturated carbocycles. The van der Waals surface area contributed by atoms with E-state index in [4.69, 9.17) is 9.47 Å². The third kappa shape index (κ3) is 4.36. The molecule has 1 N–H and O–H groups in total. The van der Waals surface area contributed by atoms with E-state index in [1.807, 2.05) is 48.2 Å².